The fourth-order valence-corrected chi connectivity index (χ4v) is 7.68. The van der Waals surface area contributed by atoms with E-state index < -0.39 is 164 Å². The van der Waals surface area contributed by atoms with Crippen LogP contribution in [0.25, 0.3) is 22.3 Å². The smallest absolute Gasteiger partial charge is 0.239 e. The molecule has 5 heterocycles. The number of hydrogen-bond acceptors (Lipinski definition) is 24. The SMILES string of the molecule is C[C@@H]1O[C@@H](OC[C@H]2O[C@@H](Oc3c(-c4ccc(O)cc4)oc4cc(O)cc(O)c4c3=O)[C@H](O[C@@H]3O[C@@H](C)[C@H](O)[C@@H](O[C@@H]4O[C@H](CO)[C@@H](O)[C@H](O)[C@H]4O)[C@@H]3O)[C@@H](O)[C@H]2O)[C@@H](O)[C@H](O)[C@H]1O. The molecule has 4 fully saturated rings. The molecule has 2 aromatic carbocycles. The molecule has 7 rings (SSSR count). The summed E-state index contributed by atoms with van der Waals surface area (Å²) in [7, 11) is 0. The van der Waals surface area contributed by atoms with Crippen LogP contribution in [-0.2, 0) is 33.2 Å². The molecule has 350 valence electrons. The van der Waals surface area contributed by atoms with Crippen LogP contribution in [0.1, 0.15) is 13.8 Å². The molecule has 0 saturated carbocycles. The van der Waals surface area contributed by atoms with Crippen LogP contribution in [0.2, 0.25) is 0 Å². The summed E-state index contributed by atoms with van der Waals surface area (Å²) in [6, 6.07) is 6.97. The van der Waals surface area contributed by atoms with Crippen LogP contribution < -0.4 is 10.2 Å². The Morgan fingerprint density at radius 1 is 0.571 bits per heavy atom. The van der Waals surface area contributed by atoms with Gasteiger partial charge in [0.05, 0.1) is 25.4 Å². The molecule has 0 bridgehead atoms. The van der Waals surface area contributed by atoms with E-state index in [9.17, 15) is 76.3 Å². The molecular weight excluding hydrogens is 852 g/mol. The number of rotatable bonds is 11. The monoisotopic (exact) mass is 902 g/mol. The van der Waals surface area contributed by atoms with Crippen LogP contribution in [0.4, 0.5) is 0 Å². The third kappa shape index (κ3) is 9.19. The molecule has 0 unspecified atom stereocenters. The highest BCUT2D eigenvalue weighted by Gasteiger charge is 2.54. The number of benzene rings is 2. The van der Waals surface area contributed by atoms with Crippen molar-refractivity contribution >= 4 is 11.0 Å². The summed E-state index contributed by atoms with van der Waals surface area (Å²) in [6.45, 7) is 1.14. The van der Waals surface area contributed by atoms with Crippen molar-refractivity contribution in [1.82, 2.24) is 0 Å². The van der Waals surface area contributed by atoms with Crippen LogP contribution in [0.3, 0.4) is 0 Å². The number of phenolic OH excluding ortho intramolecular Hbond substituents is 3. The Morgan fingerprint density at radius 3 is 1.83 bits per heavy atom. The molecule has 20 atom stereocenters. The van der Waals surface area contributed by atoms with Crippen molar-refractivity contribution < 1.29 is 114 Å². The van der Waals surface area contributed by atoms with Gasteiger partial charge in [-0.1, -0.05) is 0 Å². The Hall–Kier alpha value is -3.87. The minimum atomic E-state index is -2.13. The molecule has 0 aliphatic carbocycles. The molecule has 1 aromatic heterocycles. The van der Waals surface area contributed by atoms with E-state index in [0.717, 1.165) is 12.1 Å². The second kappa shape index (κ2) is 18.9. The van der Waals surface area contributed by atoms with Crippen LogP contribution in [0.15, 0.2) is 45.6 Å². The zero-order valence-corrected chi connectivity index (χ0v) is 33.3. The van der Waals surface area contributed by atoms with Gasteiger partial charge < -0.3 is 114 Å². The third-order valence-electron chi connectivity index (χ3n) is 11.4. The summed E-state index contributed by atoms with van der Waals surface area (Å²) in [5.74, 6) is -2.53. The molecule has 0 amide bonds. The number of hydrogen-bond donors (Lipinski definition) is 14. The zero-order chi connectivity index (χ0) is 45.8. The first-order chi connectivity index (χ1) is 29.8. The normalized spacial score (nSPS) is 41.1. The first-order valence-corrected chi connectivity index (χ1v) is 19.8. The first kappa shape index (κ1) is 47.1. The summed E-state index contributed by atoms with van der Waals surface area (Å²) >= 11 is 0. The van der Waals surface area contributed by atoms with Gasteiger partial charge in [-0.15, -0.1) is 0 Å². The Balaban J connectivity index is 1.23. The van der Waals surface area contributed by atoms with E-state index in [2.05, 4.69) is 0 Å². The van der Waals surface area contributed by atoms with Gasteiger partial charge >= 0.3 is 0 Å². The molecule has 63 heavy (non-hydrogen) atoms. The highest BCUT2D eigenvalue weighted by molar-refractivity contribution is 5.88. The van der Waals surface area contributed by atoms with E-state index in [0.29, 0.717) is 0 Å². The van der Waals surface area contributed by atoms with Crippen molar-refractivity contribution in [1.29, 1.82) is 0 Å². The number of aromatic hydroxyl groups is 3. The average molecular weight is 903 g/mol. The predicted octanol–water partition coefficient (Wildman–Crippen LogP) is -4.72. The van der Waals surface area contributed by atoms with Crippen LogP contribution in [-0.4, -0.2) is 208 Å². The van der Waals surface area contributed by atoms with Gasteiger partial charge in [-0.2, -0.15) is 0 Å². The maximum atomic E-state index is 14.3. The van der Waals surface area contributed by atoms with Gasteiger partial charge in [0.1, 0.15) is 108 Å². The van der Waals surface area contributed by atoms with E-state index >= 15 is 0 Å². The molecule has 0 spiro atoms. The minimum absolute atomic E-state index is 0.0821. The summed E-state index contributed by atoms with van der Waals surface area (Å²) in [6.07, 6.45) is -35.2. The lowest BCUT2D eigenvalue weighted by molar-refractivity contribution is -0.379. The lowest BCUT2D eigenvalue weighted by Crippen LogP contribution is -2.66. The van der Waals surface area contributed by atoms with Crippen molar-refractivity contribution in [2.24, 2.45) is 0 Å². The number of aliphatic hydroxyl groups excluding tert-OH is 11. The predicted molar refractivity (Wildman–Crippen MR) is 202 cm³/mol. The van der Waals surface area contributed by atoms with E-state index in [1.165, 1.54) is 38.1 Å². The van der Waals surface area contributed by atoms with Crippen molar-refractivity contribution in [2.75, 3.05) is 13.2 Å². The van der Waals surface area contributed by atoms with Crippen LogP contribution in [0.5, 0.6) is 23.0 Å². The second-order valence-corrected chi connectivity index (χ2v) is 15.7. The Morgan fingerprint density at radius 2 is 1.14 bits per heavy atom. The van der Waals surface area contributed by atoms with Gasteiger partial charge in [0.15, 0.2) is 30.7 Å². The van der Waals surface area contributed by atoms with Gasteiger partial charge in [-0.25, -0.2) is 0 Å². The molecule has 4 aliphatic rings. The first-order valence-electron chi connectivity index (χ1n) is 19.8. The highest BCUT2D eigenvalue weighted by atomic mass is 16.8. The Bertz CT molecular complexity index is 2080. The van der Waals surface area contributed by atoms with Crippen LogP contribution >= 0.6 is 0 Å². The van der Waals surface area contributed by atoms with Crippen molar-refractivity contribution in [2.45, 2.75) is 137 Å². The number of phenols is 3. The fourth-order valence-electron chi connectivity index (χ4n) is 7.68. The van der Waals surface area contributed by atoms with E-state index in [4.69, 9.17) is 42.3 Å². The molecule has 24 heteroatoms. The number of fused-ring (bicyclic) bond motifs is 1. The van der Waals surface area contributed by atoms with Crippen molar-refractivity contribution in [3.05, 3.63) is 46.6 Å². The van der Waals surface area contributed by atoms with E-state index in [1.807, 2.05) is 0 Å². The van der Waals surface area contributed by atoms with Crippen molar-refractivity contribution in [3.8, 4) is 34.3 Å². The molecule has 4 saturated heterocycles. The summed E-state index contributed by atoms with van der Waals surface area (Å²) < 4.78 is 52.0. The van der Waals surface area contributed by atoms with Crippen molar-refractivity contribution in [3.63, 3.8) is 0 Å². The second-order valence-electron chi connectivity index (χ2n) is 15.7. The van der Waals surface area contributed by atoms with Crippen LogP contribution in [0, 0.1) is 0 Å². The Kier molecular flexibility index (Phi) is 14.1. The molecule has 3 aromatic rings. The molecule has 24 nitrogen and oxygen atoms in total. The minimum Gasteiger partial charge on any atom is -0.508 e. The van der Waals surface area contributed by atoms with Gasteiger partial charge in [-0.3, -0.25) is 4.79 Å². The maximum Gasteiger partial charge on any atom is 0.239 e. The maximum absolute atomic E-state index is 14.3. The lowest BCUT2D eigenvalue weighted by atomic mass is 9.96. The van der Waals surface area contributed by atoms with Gasteiger partial charge in [0, 0.05) is 17.7 Å². The van der Waals surface area contributed by atoms with E-state index in [1.54, 1.807) is 0 Å². The molecule has 4 aliphatic heterocycles. The molecular formula is C39H50O24. The quantitative estimate of drug-likeness (QED) is 0.0859. The summed E-state index contributed by atoms with van der Waals surface area (Å²) in [5, 5.41) is 148. The van der Waals surface area contributed by atoms with Gasteiger partial charge in [0.2, 0.25) is 17.5 Å². The highest BCUT2D eigenvalue weighted by Crippen LogP contribution is 2.39. The summed E-state index contributed by atoms with van der Waals surface area (Å²) in [4.78, 5) is 14.3. The number of aliphatic hydroxyl groups is 11. The van der Waals surface area contributed by atoms with Gasteiger partial charge in [0.25, 0.3) is 0 Å². The lowest BCUT2D eigenvalue weighted by Gasteiger charge is -2.48. The zero-order valence-electron chi connectivity index (χ0n) is 33.3. The Labute approximate surface area is 355 Å². The average Bonchev–Trinajstić information content (AvgIpc) is 3.24. The standard InChI is InChI=1S/C39H50O24/c1-11-21(44)26(49)29(52)36(56-11)55-10-19-24(47)28(51)35(63-38-31(54)33(22(45)12(2)57-38)61-37-30(53)27(50)23(46)18(9-40)59-37)39(60-19)62-34-25(48)20-16(43)7-15(42)8-17(20)58-32(34)13-3-5-14(41)6-4-13/h3-8,11-12,18-19,21-24,26-31,33,35-47,49-54H,9-10H2,1-2H3/t11-,12-,18+,19+,21-,22-,23+,24-,26+,27-,28-,29-,30+,31-,33+,35+,36+,37-,38-,39-/m0/s1. The third-order valence-corrected chi connectivity index (χ3v) is 11.4. The molecule has 14 N–H and O–H groups in total. The van der Waals surface area contributed by atoms with Gasteiger partial charge in [-0.05, 0) is 38.1 Å². The summed E-state index contributed by atoms with van der Waals surface area (Å²) in [5.41, 5.74) is -1.32. The largest absolute Gasteiger partial charge is 0.508 e. The molecule has 0 radical (unpaired) electrons. The number of ether oxygens (including phenoxy) is 8. The van der Waals surface area contributed by atoms with E-state index in [-0.39, 0.29) is 22.7 Å². The fraction of sp³-hybridized carbons (Fsp3) is 0.615. The topological polar surface area (TPSA) is 387 Å².